The lowest BCUT2D eigenvalue weighted by Crippen LogP contribution is -2.24. The van der Waals surface area contributed by atoms with Gasteiger partial charge in [0.05, 0.1) is 17.6 Å². The van der Waals surface area contributed by atoms with Crippen LogP contribution < -0.4 is 15.4 Å². The molecule has 5 nitrogen and oxygen atoms in total. The molecule has 0 radical (unpaired) electrons. The van der Waals surface area contributed by atoms with Crippen LogP contribution in [0.4, 0.5) is 5.69 Å². The van der Waals surface area contributed by atoms with Gasteiger partial charge in [0.1, 0.15) is 11.9 Å². The Morgan fingerprint density at radius 2 is 2.14 bits per heavy atom. The van der Waals surface area contributed by atoms with Gasteiger partial charge in [-0.25, -0.2) is 0 Å². The molecule has 0 aliphatic carbocycles. The number of para-hydroxylation sites is 1. The lowest BCUT2D eigenvalue weighted by atomic mass is 10.0. The molecule has 0 spiro atoms. The molecule has 1 aromatic carbocycles. The van der Waals surface area contributed by atoms with Gasteiger partial charge < -0.3 is 15.4 Å². The average molecular weight is 296 g/mol. The number of fused-ring (bicyclic) bond motifs is 1. The summed E-state index contributed by atoms with van der Waals surface area (Å²) in [7, 11) is 0. The Hall–Kier alpha value is -2.14. The summed E-state index contributed by atoms with van der Waals surface area (Å²) in [4.78, 5) is 2.37. The molecule has 2 aromatic rings. The molecule has 4 rings (SSSR count). The Labute approximate surface area is 130 Å². The zero-order valence-electron chi connectivity index (χ0n) is 12.5. The number of hydrogen-bond donors (Lipinski definition) is 1. The molecule has 1 aromatic heterocycles. The van der Waals surface area contributed by atoms with Crippen LogP contribution in [0.5, 0.6) is 5.75 Å². The molecule has 2 aliphatic rings. The standard InChI is InChI=1S/C17H20N4O/c18-10-14-8-12-4-3-5-15(17(12)22-14)16-9-13(11-19-20-16)21-6-1-2-7-21/h3-5,9,11,14H,1-2,6-8,10,18H2/t14-/m0/s1. The number of benzene rings is 1. The van der Waals surface area contributed by atoms with Crippen LogP contribution in [0.15, 0.2) is 30.5 Å². The van der Waals surface area contributed by atoms with Gasteiger partial charge in [-0.2, -0.15) is 10.2 Å². The highest BCUT2D eigenvalue weighted by Crippen LogP contribution is 2.38. The van der Waals surface area contributed by atoms with E-state index in [1.165, 1.54) is 18.4 Å². The lowest BCUT2D eigenvalue weighted by molar-refractivity contribution is 0.242. The largest absolute Gasteiger partial charge is 0.488 e. The van der Waals surface area contributed by atoms with Crippen molar-refractivity contribution in [1.82, 2.24) is 10.2 Å². The van der Waals surface area contributed by atoms with Gasteiger partial charge in [0.2, 0.25) is 0 Å². The van der Waals surface area contributed by atoms with Crippen molar-refractivity contribution < 1.29 is 4.74 Å². The van der Waals surface area contributed by atoms with E-state index in [0.717, 1.165) is 42.2 Å². The Balaban J connectivity index is 1.71. The predicted molar refractivity (Wildman–Crippen MR) is 86.1 cm³/mol. The Kier molecular flexibility index (Phi) is 3.42. The number of nitrogens with two attached hydrogens (primary N) is 1. The summed E-state index contributed by atoms with van der Waals surface area (Å²) in [5.74, 6) is 0.922. The van der Waals surface area contributed by atoms with Crippen molar-refractivity contribution in [3.8, 4) is 17.0 Å². The van der Waals surface area contributed by atoms with Gasteiger partial charge in [0.25, 0.3) is 0 Å². The minimum Gasteiger partial charge on any atom is -0.488 e. The van der Waals surface area contributed by atoms with Crippen LogP contribution in [0, 0.1) is 0 Å². The van der Waals surface area contributed by atoms with Crippen molar-refractivity contribution in [2.45, 2.75) is 25.4 Å². The van der Waals surface area contributed by atoms with Crippen molar-refractivity contribution in [2.24, 2.45) is 5.73 Å². The fraction of sp³-hybridized carbons (Fsp3) is 0.412. The molecule has 0 bridgehead atoms. The predicted octanol–water partition coefficient (Wildman–Crippen LogP) is 2.01. The first kappa shape index (κ1) is 13.5. The van der Waals surface area contributed by atoms with Crippen LogP contribution in [0.1, 0.15) is 18.4 Å². The first-order chi connectivity index (χ1) is 10.8. The molecule has 0 amide bonds. The van der Waals surface area contributed by atoms with E-state index < -0.39 is 0 Å². The number of ether oxygens (including phenoxy) is 1. The van der Waals surface area contributed by atoms with E-state index in [1.54, 1.807) is 0 Å². The minimum absolute atomic E-state index is 0.0749. The van der Waals surface area contributed by atoms with Gasteiger partial charge in [0.15, 0.2) is 0 Å². The van der Waals surface area contributed by atoms with Crippen LogP contribution in [-0.2, 0) is 6.42 Å². The average Bonchev–Trinajstić information content (AvgIpc) is 3.23. The molecule has 114 valence electrons. The minimum atomic E-state index is 0.0749. The second-order valence-corrected chi connectivity index (χ2v) is 5.97. The maximum absolute atomic E-state index is 6.00. The molecule has 0 unspecified atom stereocenters. The molecule has 0 saturated carbocycles. The van der Waals surface area contributed by atoms with E-state index in [9.17, 15) is 0 Å². The molecule has 2 aliphatic heterocycles. The molecular weight excluding hydrogens is 276 g/mol. The third-order valence-electron chi connectivity index (χ3n) is 4.48. The van der Waals surface area contributed by atoms with Crippen molar-refractivity contribution in [3.05, 3.63) is 36.0 Å². The second kappa shape index (κ2) is 5.57. The van der Waals surface area contributed by atoms with Gasteiger partial charge >= 0.3 is 0 Å². The molecule has 3 heterocycles. The number of nitrogens with zero attached hydrogens (tertiary/aromatic N) is 3. The highest BCUT2D eigenvalue weighted by molar-refractivity contribution is 5.72. The lowest BCUT2D eigenvalue weighted by Gasteiger charge is -2.17. The zero-order valence-corrected chi connectivity index (χ0v) is 12.5. The Morgan fingerprint density at radius 3 is 2.95 bits per heavy atom. The van der Waals surface area contributed by atoms with E-state index in [4.69, 9.17) is 10.5 Å². The van der Waals surface area contributed by atoms with Crippen molar-refractivity contribution in [3.63, 3.8) is 0 Å². The van der Waals surface area contributed by atoms with Crippen LogP contribution >= 0.6 is 0 Å². The number of anilines is 1. The summed E-state index contributed by atoms with van der Waals surface area (Å²) in [5.41, 5.74) is 10.00. The van der Waals surface area contributed by atoms with Gasteiger partial charge in [-0.05, 0) is 30.5 Å². The maximum Gasteiger partial charge on any atom is 0.132 e. The fourth-order valence-electron chi connectivity index (χ4n) is 3.31. The number of rotatable bonds is 3. The number of aromatic nitrogens is 2. The third-order valence-corrected chi connectivity index (χ3v) is 4.48. The van der Waals surface area contributed by atoms with Gasteiger partial charge in [-0.3, -0.25) is 0 Å². The summed E-state index contributed by atoms with van der Waals surface area (Å²) in [6.07, 6.45) is 5.30. The molecule has 5 heteroatoms. The smallest absolute Gasteiger partial charge is 0.132 e. The number of hydrogen-bond acceptors (Lipinski definition) is 5. The van der Waals surface area contributed by atoms with E-state index in [0.29, 0.717) is 6.54 Å². The van der Waals surface area contributed by atoms with E-state index in [2.05, 4.69) is 39.4 Å². The van der Waals surface area contributed by atoms with Crippen LogP contribution in [0.3, 0.4) is 0 Å². The van der Waals surface area contributed by atoms with E-state index in [1.807, 2.05) is 6.20 Å². The normalized spacial score (nSPS) is 20.0. The first-order valence-corrected chi connectivity index (χ1v) is 7.92. The zero-order chi connectivity index (χ0) is 14.9. The summed E-state index contributed by atoms with van der Waals surface area (Å²) in [6.45, 7) is 2.74. The van der Waals surface area contributed by atoms with Gasteiger partial charge in [-0.15, -0.1) is 0 Å². The van der Waals surface area contributed by atoms with Gasteiger partial charge in [-0.1, -0.05) is 12.1 Å². The first-order valence-electron chi connectivity index (χ1n) is 7.92. The van der Waals surface area contributed by atoms with Gasteiger partial charge in [0, 0.05) is 31.6 Å². The third kappa shape index (κ3) is 2.31. The van der Waals surface area contributed by atoms with Crippen molar-refractivity contribution in [1.29, 1.82) is 0 Å². The topological polar surface area (TPSA) is 64.3 Å². The fourth-order valence-corrected chi connectivity index (χ4v) is 3.31. The van der Waals surface area contributed by atoms with Crippen LogP contribution in [0.25, 0.3) is 11.3 Å². The molecule has 1 atom stereocenters. The molecular formula is C17H20N4O. The second-order valence-electron chi connectivity index (χ2n) is 5.97. The molecule has 2 N–H and O–H groups in total. The van der Waals surface area contributed by atoms with E-state index in [-0.39, 0.29) is 6.10 Å². The molecule has 1 fully saturated rings. The maximum atomic E-state index is 6.00. The highest BCUT2D eigenvalue weighted by atomic mass is 16.5. The monoisotopic (exact) mass is 296 g/mol. The van der Waals surface area contributed by atoms with Crippen LogP contribution in [0.2, 0.25) is 0 Å². The van der Waals surface area contributed by atoms with Crippen molar-refractivity contribution >= 4 is 5.69 Å². The van der Waals surface area contributed by atoms with E-state index >= 15 is 0 Å². The summed E-state index contributed by atoms with van der Waals surface area (Å²) in [5, 5.41) is 8.52. The Bertz CT molecular complexity index is 682. The molecule has 22 heavy (non-hydrogen) atoms. The van der Waals surface area contributed by atoms with Crippen molar-refractivity contribution in [2.75, 3.05) is 24.5 Å². The van der Waals surface area contributed by atoms with Crippen LogP contribution in [-0.4, -0.2) is 35.9 Å². The molecule has 1 saturated heterocycles. The summed E-state index contributed by atoms with van der Waals surface area (Å²) in [6, 6.07) is 8.33. The quantitative estimate of drug-likeness (QED) is 0.938. The summed E-state index contributed by atoms with van der Waals surface area (Å²) >= 11 is 0. The highest BCUT2D eigenvalue weighted by Gasteiger charge is 2.25. The summed E-state index contributed by atoms with van der Waals surface area (Å²) < 4.78 is 6.00. The SMILES string of the molecule is NC[C@@H]1Cc2cccc(-c3cc(N4CCCC4)cnn3)c2O1. The Morgan fingerprint density at radius 1 is 1.27 bits per heavy atom.